The van der Waals surface area contributed by atoms with Crippen molar-refractivity contribution in [3.63, 3.8) is 0 Å². The summed E-state index contributed by atoms with van der Waals surface area (Å²) >= 11 is 0. The predicted molar refractivity (Wildman–Crippen MR) is 124 cm³/mol. The maximum absolute atomic E-state index is 4.30. The number of rotatable bonds is 4. The molecule has 0 saturated heterocycles. The molecule has 3 aromatic rings. The summed E-state index contributed by atoms with van der Waals surface area (Å²) in [6.45, 7) is 7.96. The highest BCUT2D eigenvalue weighted by Crippen LogP contribution is 2.35. The lowest BCUT2D eigenvalue weighted by Gasteiger charge is -2.34. The molecule has 2 aromatic carbocycles. The van der Waals surface area contributed by atoms with Gasteiger partial charge in [-0.3, -0.25) is 0 Å². The van der Waals surface area contributed by atoms with E-state index in [0.29, 0.717) is 11.5 Å². The SMILES string of the molecule is Cc1cc(CNC2CCC(C)(C)CC2)ccc1-c1ccc2nc[nH]c2c1.Cl.Cl. The molecule has 0 aliphatic heterocycles. The largest absolute Gasteiger partial charge is 0.345 e. The molecule has 5 heteroatoms. The van der Waals surface area contributed by atoms with Crippen molar-refractivity contribution in [1.82, 2.24) is 15.3 Å². The van der Waals surface area contributed by atoms with Gasteiger partial charge in [-0.25, -0.2) is 4.98 Å². The van der Waals surface area contributed by atoms with Crippen LogP contribution in [0.15, 0.2) is 42.7 Å². The van der Waals surface area contributed by atoms with Gasteiger partial charge in [0.05, 0.1) is 17.4 Å². The normalized spacial score (nSPS) is 16.4. The highest BCUT2D eigenvalue weighted by Gasteiger charge is 2.26. The Kier molecular flexibility index (Phi) is 7.55. The van der Waals surface area contributed by atoms with Crippen LogP contribution < -0.4 is 5.32 Å². The summed E-state index contributed by atoms with van der Waals surface area (Å²) in [5, 5.41) is 3.77. The first-order valence-electron chi connectivity index (χ1n) is 9.77. The number of hydrogen-bond donors (Lipinski definition) is 2. The van der Waals surface area contributed by atoms with Crippen LogP contribution in [0.1, 0.15) is 50.7 Å². The first-order chi connectivity index (χ1) is 12.5. The van der Waals surface area contributed by atoms with Crippen molar-refractivity contribution >= 4 is 35.8 Å². The molecule has 0 radical (unpaired) electrons. The van der Waals surface area contributed by atoms with Crippen LogP contribution in [0.3, 0.4) is 0 Å². The monoisotopic (exact) mass is 419 g/mol. The van der Waals surface area contributed by atoms with Gasteiger partial charge in [-0.1, -0.05) is 38.1 Å². The van der Waals surface area contributed by atoms with Gasteiger partial charge in [0.25, 0.3) is 0 Å². The van der Waals surface area contributed by atoms with Crippen LogP contribution in [0.25, 0.3) is 22.2 Å². The third kappa shape index (κ3) is 5.08. The second kappa shape index (κ2) is 9.30. The number of nitrogens with zero attached hydrogens (tertiary/aromatic N) is 1. The summed E-state index contributed by atoms with van der Waals surface area (Å²) in [5.41, 5.74) is 7.88. The number of H-pyrrole nitrogens is 1. The number of fused-ring (bicyclic) bond motifs is 1. The van der Waals surface area contributed by atoms with Crippen molar-refractivity contribution in [2.24, 2.45) is 5.41 Å². The molecule has 4 rings (SSSR count). The third-order valence-corrected chi connectivity index (χ3v) is 5.96. The maximum atomic E-state index is 4.30. The van der Waals surface area contributed by atoms with Crippen LogP contribution in [-0.2, 0) is 6.54 Å². The minimum Gasteiger partial charge on any atom is -0.345 e. The first-order valence-corrected chi connectivity index (χ1v) is 9.77. The van der Waals surface area contributed by atoms with E-state index in [2.05, 4.69) is 72.5 Å². The smallest absolute Gasteiger partial charge is 0.0931 e. The molecule has 0 spiro atoms. The average Bonchev–Trinajstić information content (AvgIpc) is 3.08. The summed E-state index contributed by atoms with van der Waals surface area (Å²) in [6.07, 6.45) is 7.02. The van der Waals surface area contributed by atoms with Crippen LogP contribution >= 0.6 is 24.8 Å². The number of benzene rings is 2. The van der Waals surface area contributed by atoms with Crippen molar-refractivity contribution in [1.29, 1.82) is 0 Å². The lowest BCUT2D eigenvalue weighted by Crippen LogP contribution is -2.35. The Bertz CT molecular complexity index is 907. The lowest BCUT2D eigenvalue weighted by atomic mass is 9.75. The zero-order chi connectivity index (χ0) is 18.1. The molecule has 152 valence electrons. The van der Waals surface area contributed by atoms with Crippen LogP contribution in [0.2, 0.25) is 0 Å². The molecule has 28 heavy (non-hydrogen) atoms. The third-order valence-electron chi connectivity index (χ3n) is 5.96. The van der Waals surface area contributed by atoms with Crippen LogP contribution in [0.5, 0.6) is 0 Å². The quantitative estimate of drug-likeness (QED) is 0.510. The van der Waals surface area contributed by atoms with E-state index in [1.165, 1.54) is 47.9 Å². The van der Waals surface area contributed by atoms with E-state index in [9.17, 15) is 0 Å². The zero-order valence-corrected chi connectivity index (χ0v) is 18.6. The molecule has 1 fully saturated rings. The summed E-state index contributed by atoms with van der Waals surface area (Å²) in [4.78, 5) is 7.51. The highest BCUT2D eigenvalue weighted by atomic mass is 35.5. The van der Waals surface area contributed by atoms with Gasteiger partial charge in [0.1, 0.15) is 0 Å². The summed E-state index contributed by atoms with van der Waals surface area (Å²) in [6, 6.07) is 13.9. The topological polar surface area (TPSA) is 40.7 Å². The van der Waals surface area contributed by atoms with E-state index >= 15 is 0 Å². The Morgan fingerprint density at radius 1 is 1.07 bits per heavy atom. The molecular formula is C23H31Cl2N3. The molecule has 1 heterocycles. The van der Waals surface area contributed by atoms with Crippen LogP contribution in [0.4, 0.5) is 0 Å². The van der Waals surface area contributed by atoms with E-state index in [4.69, 9.17) is 0 Å². The molecule has 1 saturated carbocycles. The highest BCUT2D eigenvalue weighted by molar-refractivity contribution is 5.85. The maximum Gasteiger partial charge on any atom is 0.0931 e. The van der Waals surface area contributed by atoms with Gasteiger partial charge >= 0.3 is 0 Å². The van der Waals surface area contributed by atoms with Gasteiger partial charge in [-0.05, 0) is 72.4 Å². The van der Waals surface area contributed by atoms with Crippen molar-refractivity contribution in [2.45, 2.75) is 59.0 Å². The van der Waals surface area contributed by atoms with E-state index in [1.807, 2.05) is 0 Å². The Morgan fingerprint density at radius 3 is 2.54 bits per heavy atom. The molecule has 1 aliphatic rings. The van der Waals surface area contributed by atoms with E-state index in [-0.39, 0.29) is 24.8 Å². The minimum atomic E-state index is 0. The van der Waals surface area contributed by atoms with Crippen molar-refractivity contribution < 1.29 is 0 Å². The van der Waals surface area contributed by atoms with Crippen molar-refractivity contribution in [3.8, 4) is 11.1 Å². The van der Waals surface area contributed by atoms with Crippen LogP contribution in [0, 0.1) is 12.3 Å². The van der Waals surface area contributed by atoms with Gasteiger partial charge in [0.2, 0.25) is 0 Å². The standard InChI is InChI=1S/C23H29N3.2ClH/c1-16-12-17(14-24-19-8-10-23(2,3)11-9-19)4-6-20(16)18-5-7-21-22(13-18)26-15-25-21;;/h4-7,12-13,15,19,24H,8-11,14H2,1-3H3,(H,25,26);2*1H. The van der Waals surface area contributed by atoms with E-state index in [1.54, 1.807) is 6.33 Å². The van der Waals surface area contributed by atoms with Crippen molar-refractivity contribution in [3.05, 3.63) is 53.9 Å². The molecule has 0 unspecified atom stereocenters. The predicted octanol–water partition coefficient (Wildman–Crippen LogP) is 6.44. The molecule has 1 aromatic heterocycles. The molecular weight excluding hydrogens is 389 g/mol. The molecule has 0 amide bonds. The fourth-order valence-corrected chi connectivity index (χ4v) is 4.13. The Hall–Kier alpha value is -1.55. The van der Waals surface area contributed by atoms with Gasteiger partial charge in [0, 0.05) is 12.6 Å². The van der Waals surface area contributed by atoms with Gasteiger partial charge < -0.3 is 10.3 Å². The van der Waals surface area contributed by atoms with Crippen molar-refractivity contribution in [2.75, 3.05) is 0 Å². The average molecular weight is 420 g/mol. The van der Waals surface area contributed by atoms with Gasteiger partial charge in [0.15, 0.2) is 0 Å². The summed E-state index contributed by atoms with van der Waals surface area (Å²) in [5.74, 6) is 0. The fraction of sp³-hybridized carbons (Fsp3) is 0.435. The molecule has 0 bridgehead atoms. The first kappa shape index (κ1) is 22.7. The van der Waals surface area contributed by atoms with E-state index in [0.717, 1.165) is 17.6 Å². The lowest BCUT2D eigenvalue weighted by molar-refractivity contribution is 0.206. The number of aryl methyl sites for hydroxylation is 1. The molecule has 0 atom stereocenters. The number of imidazole rings is 1. The van der Waals surface area contributed by atoms with Gasteiger partial charge in [-0.15, -0.1) is 24.8 Å². The Balaban J connectivity index is 0.00000140. The number of aromatic amines is 1. The second-order valence-electron chi connectivity index (χ2n) is 8.60. The van der Waals surface area contributed by atoms with Crippen LogP contribution in [-0.4, -0.2) is 16.0 Å². The number of nitrogens with one attached hydrogen (secondary N) is 2. The number of halogens is 2. The molecule has 3 nitrogen and oxygen atoms in total. The summed E-state index contributed by atoms with van der Waals surface area (Å²) < 4.78 is 0. The number of hydrogen-bond acceptors (Lipinski definition) is 2. The zero-order valence-electron chi connectivity index (χ0n) is 16.9. The molecule has 1 aliphatic carbocycles. The van der Waals surface area contributed by atoms with E-state index < -0.39 is 0 Å². The Morgan fingerprint density at radius 2 is 1.82 bits per heavy atom. The fourth-order valence-electron chi connectivity index (χ4n) is 4.13. The minimum absolute atomic E-state index is 0. The Labute approximate surface area is 180 Å². The number of aromatic nitrogens is 2. The second-order valence-corrected chi connectivity index (χ2v) is 8.60. The molecule has 2 N–H and O–H groups in total. The summed E-state index contributed by atoms with van der Waals surface area (Å²) in [7, 11) is 0. The van der Waals surface area contributed by atoms with Gasteiger partial charge in [-0.2, -0.15) is 0 Å².